The molecule has 0 aromatic carbocycles. The SMILES string of the molecule is CC(=O)CC1=CC=C(C(F)(F)F)CC=C1. The number of carbonyl (C=O) groups excluding carboxylic acids is 1. The minimum absolute atomic E-state index is 0.0604. The highest BCUT2D eigenvalue weighted by atomic mass is 19.4. The average Bonchev–Trinajstić information content (AvgIpc) is 2.27. The lowest BCUT2D eigenvalue weighted by molar-refractivity contribution is -0.116. The zero-order valence-corrected chi connectivity index (χ0v) is 8.27. The minimum Gasteiger partial charge on any atom is -0.300 e. The third kappa shape index (κ3) is 3.73. The maximum absolute atomic E-state index is 12.3. The van der Waals surface area contributed by atoms with Crippen LogP contribution in [-0.4, -0.2) is 12.0 Å². The Hall–Kier alpha value is -1.32. The van der Waals surface area contributed by atoms with Gasteiger partial charge < -0.3 is 0 Å². The number of ketones is 1. The molecule has 0 unspecified atom stereocenters. The van der Waals surface area contributed by atoms with E-state index in [1.165, 1.54) is 19.1 Å². The molecule has 1 nitrogen and oxygen atoms in total. The van der Waals surface area contributed by atoms with E-state index in [0.29, 0.717) is 5.57 Å². The monoisotopic (exact) mass is 216 g/mol. The third-order valence-electron chi connectivity index (χ3n) is 1.99. The smallest absolute Gasteiger partial charge is 0.300 e. The summed E-state index contributed by atoms with van der Waals surface area (Å²) in [5, 5.41) is 0. The number of carbonyl (C=O) groups is 1. The molecule has 1 aliphatic carbocycles. The molecule has 0 aliphatic heterocycles. The summed E-state index contributed by atoms with van der Waals surface area (Å²) < 4.78 is 36.9. The van der Waals surface area contributed by atoms with Crippen molar-refractivity contribution in [3.8, 4) is 0 Å². The molecule has 0 fully saturated rings. The highest BCUT2D eigenvalue weighted by Gasteiger charge is 2.32. The minimum atomic E-state index is -4.29. The fraction of sp³-hybridized carbons (Fsp3) is 0.364. The Morgan fingerprint density at radius 2 is 2.07 bits per heavy atom. The number of hydrogen-bond donors (Lipinski definition) is 0. The standard InChI is InChI=1S/C11H11F3O/c1-8(15)7-9-3-2-4-10(6-5-9)11(12,13)14/h2-3,5-6H,4,7H2,1H3. The Labute approximate surface area is 86.0 Å². The number of alkyl halides is 3. The molecule has 1 aliphatic rings. The van der Waals surface area contributed by atoms with Crippen molar-refractivity contribution in [1.29, 1.82) is 0 Å². The first-order chi connectivity index (χ1) is 6.89. The summed E-state index contributed by atoms with van der Waals surface area (Å²) in [5.74, 6) is -0.0604. The first-order valence-electron chi connectivity index (χ1n) is 4.52. The van der Waals surface area contributed by atoms with Gasteiger partial charge in [0.25, 0.3) is 0 Å². The first-order valence-corrected chi connectivity index (χ1v) is 4.52. The fourth-order valence-electron chi connectivity index (χ4n) is 1.28. The van der Waals surface area contributed by atoms with E-state index < -0.39 is 11.7 Å². The van der Waals surface area contributed by atoms with Gasteiger partial charge in [-0.3, -0.25) is 4.79 Å². The lowest BCUT2D eigenvalue weighted by Gasteiger charge is -2.07. The van der Waals surface area contributed by atoms with E-state index in [4.69, 9.17) is 0 Å². The number of allylic oxidation sites excluding steroid dienone is 6. The van der Waals surface area contributed by atoms with E-state index in [1.54, 1.807) is 6.08 Å². The summed E-state index contributed by atoms with van der Waals surface area (Å²) in [6, 6.07) is 0. The summed E-state index contributed by atoms with van der Waals surface area (Å²) in [5.41, 5.74) is 0.0269. The molecular formula is C11H11F3O. The van der Waals surface area contributed by atoms with Gasteiger partial charge in [0.1, 0.15) is 5.78 Å². The molecule has 0 amide bonds. The van der Waals surface area contributed by atoms with Crippen LogP contribution in [0.2, 0.25) is 0 Å². The maximum atomic E-state index is 12.3. The molecule has 4 heteroatoms. The van der Waals surface area contributed by atoms with Crippen LogP contribution >= 0.6 is 0 Å². The maximum Gasteiger partial charge on any atom is 0.412 e. The van der Waals surface area contributed by atoms with Crippen LogP contribution in [0.5, 0.6) is 0 Å². The van der Waals surface area contributed by atoms with E-state index >= 15 is 0 Å². The summed E-state index contributed by atoms with van der Waals surface area (Å²) in [4.78, 5) is 10.8. The van der Waals surface area contributed by atoms with Crippen molar-refractivity contribution in [3.63, 3.8) is 0 Å². The predicted molar refractivity (Wildman–Crippen MR) is 51.3 cm³/mol. The predicted octanol–water partition coefficient (Wildman–Crippen LogP) is 3.34. The lowest BCUT2D eigenvalue weighted by Crippen LogP contribution is -2.10. The number of Topliss-reactive ketones (excluding diaryl/α,β-unsaturated/α-hetero) is 1. The van der Waals surface area contributed by atoms with Crippen molar-refractivity contribution in [1.82, 2.24) is 0 Å². The van der Waals surface area contributed by atoms with E-state index in [1.807, 2.05) is 0 Å². The van der Waals surface area contributed by atoms with Crippen molar-refractivity contribution < 1.29 is 18.0 Å². The van der Waals surface area contributed by atoms with Crippen LogP contribution in [-0.2, 0) is 4.79 Å². The van der Waals surface area contributed by atoms with Crippen molar-refractivity contribution >= 4 is 5.78 Å². The largest absolute Gasteiger partial charge is 0.412 e. The van der Waals surface area contributed by atoms with Crippen LogP contribution in [0.3, 0.4) is 0 Å². The van der Waals surface area contributed by atoms with Crippen molar-refractivity contribution in [2.75, 3.05) is 0 Å². The van der Waals surface area contributed by atoms with Crippen molar-refractivity contribution in [3.05, 3.63) is 35.5 Å². The van der Waals surface area contributed by atoms with E-state index in [-0.39, 0.29) is 18.6 Å². The summed E-state index contributed by atoms with van der Waals surface area (Å²) in [6.07, 6.45) is 1.15. The molecule has 0 spiro atoms. The molecule has 0 heterocycles. The molecule has 0 N–H and O–H groups in total. The fourth-order valence-corrected chi connectivity index (χ4v) is 1.28. The Morgan fingerprint density at radius 1 is 1.40 bits per heavy atom. The average molecular weight is 216 g/mol. The molecule has 15 heavy (non-hydrogen) atoms. The van der Waals surface area contributed by atoms with Gasteiger partial charge in [-0.15, -0.1) is 0 Å². The zero-order valence-electron chi connectivity index (χ0n) is 8.27. The normalized spacial score (nSPS) is 16.8. The van der Waals surface area contributed by atoms with E-state index in [9.17, 15) is 18.0 Å². The first kappa shape index (κ1) is 11.8. The molecular weight excluding hydrogens is 205 g/mol. The molecule has 0 radical (unpaired) electrons. The number of hydrogen-bond acceptors (Lipinski definition) is 1. The lowest BCUT2D eigenvalue weighted by atomic mass is 10.1. The van der Waals surface area contributed by atoms with E-state index in [2.05, 4.69) is 0 Å². The Balaban J connectivity index is 2.85. The second kappa shape index (κ2) is 4.47. The van der Waals surface area contributed by atoms with Gasteiger partial charge in [-0.1, -0.05) is 24.3 Å². The second-order valence-corrected chi connectivity index (χ2v) is 3.42. The quantitative estimate of drug-likeness (QED) is 0.691. The van der Waals surface area contributed by atoms with Crippen LogP contribution in [0.4, 0.5) is 13.2 Å². The highest BCUT2D eigenvalue weighted by Crippen LogP contribution is 2.30. The molecule has 0 aromatic rings. The Bertz CT molecular complexity index is 345. The highest BCUT2D eigenvalue weighted by molar-refractivity contribution is 5.78. The topological polar surface area (TPSA) is 17.1 Å². The second-order valence-electron chi connectivity index (χ2n) is 3.42. The summed E-state index contributed by atoms with van der Waals surface area (Å²) >= 11 is 0. The molecule has 0 bridgehead atoms. The molecule has 0 atom stereocenters. The number of rotatable bonds is 2. The number of halogens is 3. The van der Waals surface area contributed by atoms with Crippen LogP contribution < -0.4 is 0 Å². The third-order valence-corrected chi connectivity index (χ3v) is 1.99. The van der Waals surface area contributed by atoms with Gasteiger partial charge >= 0.3 is 6.18 Å². The van der Waals surface area contributed by atoms with E-state index in [0.717, 1.165) is 6.08 Å². The van der Waals surface area contributed by atoms with Crippen LogP contribution in [0.25, 0.3) is 0 Å². The molecule has 0 saturated carbocycles. The van der Waals surface area contributed by atoms with Gasteiger partial charge in [-0.2, -0.15) is 13.2 Å². The summed E-state index contributed by atoms with van der Waals surface area (Å²) in [7, 11) is 0. The molecule has 1 rings (SSSR count). The summed E-state index contributed by atoms with van der Waals surface area (Å²) in [6.45, 7) is 1.41. The van der Waals surface area contributed by atoms with Crippen LogP contribution in [0, 0.1) is 0 Å². The Morgan fingerprint density at radius 3 is 2.60 bits per heavy atom. The van der Waals surface area contributed by atoms with Crippen molar-refractivity contribution in [2.45, 2.75) is 25.9 Å². The van der Waals surface area contributed by atoms with Crippen LogP contribution in [0.15, 0.2) is 35.5 Å². The van der Waals surface area contributed by atoms with Crippen molar-refractivity contribution in [2.24, 2.45) is 0 Å². The van der Waals surface area contributed by atoms with Gasteiger partial charge in [-0.05, 0) is 18.9 Å². The zero-order chi connectivity index (χ0) is 11.5. The molecule has 0 saturated heterocycles. The van der Waals surface area contributed by atoms with Gasteiger partial charge in [0.15, 0.2) is 0 Å². The molecule has 0 aromatic heterocycles. The van der Waals surface area contributed by atoms with Crippen LogP contribution in [0.1, 0.15) is 19.8 Å². The van der Waals surface area contributed by atoms with Gasteiger partial charge in [0.05, 0.1) is 0 Å². The van der Waals surface area contributed by atoms with Gasteiger partial charge in [0, 0.05) is 12.0 Å². The Kier molecular flexibility index (Phi) is 3.50. The van der Waals surface area contributed by atoms with Gasteiger partial charge in [0.2, 0.25) is 0 Å². The van der Waals surface area contributed by atoms with Gasteiger partial charge in [-0.25, -0.2) is 0 Å². The molecule has 82 valence electrons.